The van der Waals surface area contributed by atoms with Gasteiger partial charge in [-0.05, 0) is 45.9 Å². The Balaban J connectivity index is 1.27. The number of rotatable bonds is 16. The molecule has 7 rings (SSSR count). The molecule has 0 radical (unpaired) electrons. The van der Waals surface area contributed by atoms with Crippen molar-refractivity contribution in [3.05, 3.63) is 215 Å². The Morgan fingerprint density at radius 2 is 0.887 bits per heavy atom. The maximum atomic E-state index is 13.1. The maximum Gasteiger partial charge on any atom is 0.222 e. The molecule has 2 unspecified atom stereocenters. The van der Waals surface area contributed by atoms with E-state index in [4.69, 9.17) is 23.7 Å². The van der Waals surface area contributed by atoms with Gasteiger partial charge in [0.15, 0.2) is 0 Å². The summed E-state index contributed by atoms with van der Waals surface area (Å²) in [5, 5.41) is 13.1. The number of aliphatic hydroxyl groups is 1. The lowest BCUT2D eigenvalue weighted by Gasteiger charge is -2.50. The Hall–Kier alpha value is -4.92. The molecule has 6 nitrogen and oxygen atoms in total. The Bertz CT molecular complexity index is 1940. The first kappa shape index (κ1) is 36.4. The van der Waals surface area contributed by atoms with Crippen LogP contribution in [0.5, 0.6) is 0 Å². The van der Waals surface area contributed by atoms with Crippen molar-refractivity contribution in [3.8, 4) is 0 Å². The number of ether oxygens (including phenoxy) is 5. The van der Waals surface area contributed by atoms with Crippen LogP contribution in [0.4, 0.5) is 0 Å². The molecular weight excluding hydrogens is 661 g/mol. The van der Waals surface area contributed by atoms with Gasteiger partial charge in [0.2, 0.25) is 5.79 Å². The smallest absolute Gasteiger partial charge is 0.222 e. The van der Waals surface area contributed by atoms with Crippen molar-refractivity contribution < 1.29 is 28.8 Å². The molecule has 6 aromatic rings. The van der Waals surface area contributed by atoms with Gasteiger partial charge in [0.05, 0.1) is 33.0 Å². The third kappa shape index (κ3) is 9.75. The minimum Gasteiger partial charge on any atom is -0.374 e. The van der Waals surface area contributed by atoms with E-state index in [1.807, 2.05) is 158 Å². The van der Waals surface area contributed by atoms with E-state index in [2.05, 4.69) is 18.2 Å². The van der Waals surface area contributed by atoms with Crippen molar-refractivity contribution in [2.45, 2.75) is 63.1 Å². The van der Waals surface area contributed by atoms with Gasteiger partial charge >= 0.3 is 0 Å². The first-order valence-corrected chi connectivity index (χ1v) is 18.3. The van der Waals surface area contributed by atoms with E-state index in [-0.39, 0.29) is 19.8 Å². The normalized spacial score (nSPS) is 21.3. The van der Waals surface area contributed by atoms with Gasteiger partial charge in [0.25, 0.3) is 0 Å². The van der Waals surface area contributed by atoms with Crippen LogP contribution in [-0.4, -0.2) is 36.1 Å². The van der Waals surface area contributed by atoms with Crippen molar-refractivity contribution >= 4 is 0 Å². The zero-order chi connectivity index (χ0) is 36.1. The van der Waals surface area contributed by atoms with Gasteiger partial charge in [-0.2, -0.15) is 0 Å². The largest absolute Gasteiger partial charge is 0.374 e. The Morgan fingerprint density at radius 1 is 0.453 bits per heavy atom. The molecule has 53 heavy (non-hydrogen) atoms. The molecule has 0 aromatic heterocycles. The number of benzene rings is 6. The van der Waals surface area contributed by atoms with Crippen LogP contribution in [-0.2, 0) is 62.3 Å². The van der Waals surface area contributed by atoms with Crippen LogP contribution < -0.4 is 0 Å². The summed E-state index contributed by atoms with van der Waals surface area (Å²) < 4.78 is 33.6. The molecule has 0 spiro atoms. The Morgan fingerprint density at radius 3 is 1.42 bits per heavy atom. The summed E-state index contributed by atoms with van der Waals surface area (Å²) in [6.45, 7) is 1.35. The molecule has 0 saturated carbocycles. The third-order valence-corrected chi connectivity index (χ3v) is 9.53. The van der Waals surface area contributed by atoms with Crippen LogP contribution in [0.2, 0.25) is 0 Å². The van der Waals surface area contributed by atoms with Gasteiger partial charge in [-0.25, -0.2) is 0 Å². The van der Waals surface area contributed by atoms with Crippen molar-refractivity contribution in [1.82, 2.24) is 0 Å². The zero-order valence-corrected chi connectivity index (χ0v) is 29.8. The van der Waals surface area contributed by atoms with Crippen LogP contribution in [0.3, 0.4) is 0 Å². The lowest BCUT2D eigenvalue weighted by Crippen LogP contribution is -2.65. The van der Waals surface area contributed by atoms with Gasteiger partial charge < -0.3 is 28.8 Å². The monoisotopic (exact) mass is 706 g/mol. The molecule has 0 bridgehead atoms. The van der Waals surface area contributed by atoms with Crippen molar-refractivity contribution in [3.63, 3.8) is 0 Å². The maximum absolute atomic E-state index is 13.1. The summed E-state index contributed by atoms with van der Waals surface area (Å²) in [7, 11) is 0. The standard InChI is InChI=1S/C47H46O6/c48-47(42-28-16-27-41(30-42)29-36-17-6-1-7-18-36)46(52-34-40-25-14-5-15-26-40)45(51-33-39-23-12-4-13-24-39)44(50-32-38-21-10-3-11-22-38)43(53-47)35-49-31-37-19-8-2-9-20-37/h1-28,30,43-46,48H,29,31-35H2/t43-,44?,45+,46-,47?/m1/s1. The van der Waals surface area contributed by atoms with Crippen molar-refractivity contribution in [1.29, 1.82) is 0 Å². The van der Waals surface area contributed by atoms with Crippen molar-refractivity contribution in [2.75, 3.05) is 6.61 Å². The highest BCUT2D eigenvalue weighted by Gasteiger charge is 2.57. The summed E-state index contributed by atoms with van der Waals surface area (Å²) >= 11 is 0. The first-order chi connectivity index (χ1) is 26.1. The molecule has 1 fully saturated rings. The highest BCUT2D eigenvalue weighted by Crippen LogP contribution is 2.42. The number of hydrogen-bond acceptors (Lipinski definition) is 6. The molecule has 270 valence electrons. The molecule has 6 heteroatoms. The van der Waals surface area contributed by atoms with Crippen LogP contribution in [0.25, 0.3) is 0 Å². The topological polar surface area (TPSA) is 66.4 Å². The van der Waals surface area contributed by atoms with Gasteiger partial charge in [-0.3, -0.25) is 0 Å². The molecule has 1 saturated heterocycles. The van der Waals surface area contributed by atoms with E-state index in [1.165, 1.54) is 5.56 Å². The lowest BCUT2D eigenvalue weighted by atomic mass is 9.86. The SMILES string of the molecule is OC1(c2cccc(Cc3ccccc3)c2)O[C@H](COCc2ccccc2)C(OCc2ccccc2)[C@H](OCc2ccccc2)[C@H]1OCc1ccccc1. The summed E-state index contributed by atoms with van der Waals surface area (Å²) in [5.41, 5.74) is 6.78. The minimum absolute atomic E-state index is 0.150. The minimum atomic E-state index is -1.92. The van der Waals surface area contributed by atoms with Gasteiger partial charge in [0, 0.05) is 5.56 Å². The molecule has 1 aliphatic heterocycles. The molecule has 1 aliphatic rings. The average molecular weight is 707 g/mol. The third-order valence-electron chi connectivity index (χ3n) is 9.53. The second-order valence-electron chi connectivity index (χ2n) is 13.5. The van der Waals surface area contributed by atoms with Crippen LogP contribution in [0, 0.1) is 0 Å². The fraction of sp³-hybridized carbons (Fsp3) is 0.234. The first-order valence-electron chi connectivity index (χ1n) is 18.3. The van der Waals surface area contributed by atoms with E-state index < -0.39 is 30.2 Å². The fourth-order valence-electron chi connectivity index (χ4n) is 6.82. The lowest BCUT2D eigenvalue weighted by molar-refractivity contribution is -0.378. The zero-order valence-electron chi connectivity index (χ0n) is 29.8. The van der Waals surface area contributed by atoms with Gasteiger partial charge in [-0.1, -0.05) is 170 Å². The number of hydrogen-bond donors (Lipinski definition) is 1. The van der Waals surface area contributed by atoms with E-state index in [0.717, 1.165) is 27.8 Å². The van der Waals surface area contributed by atoms with Crippen LogP contribution in [0.1, 0.15) is 38.9 Å². The summed E-state index contributed by atoms with van der Waals surface area (Å²) in [4.78, 5) is 0. The van der Waals surface area contributed by atoms with Crippen LogP contribution in [0.15, 0.2) is 176 Å². The fourth-order valence-corrected chi connectivity index (χ4v) is 6.82. The molecule has 1 heterocycles. The summed E-state index contributed by atoms with van der Waals surface area (Å²) in [6, 6.07) is 58.2. The average Bonchev–Trinajstić information content (AvgIpc) is 3.21. The van der Waals surface area contributed by atoms with E-state index in [9.17, 15) is 5.11 Å². The molecular formula is C47H46O6. The van der Waals surface area contributed by atoms with E-state index in [0.29, 0.717) is 25.2 Å². The van der Waals surface area contributed by atoms with Gasteiger partial charge in [0.1, 0.15) is 24.4 Å². The quantitative estimate of drug-likeness (QED) is 0.109. The molecule has 6 aromatic carbocycles. The predicted octanol–water partition coefficient (Wildman–Crippen LogP) is 8.79. The molecule has 5 atom stereocenters. The second kappa shape index (κ2) is 18.2. The second-order valence-corrected chi connectivity index (χ2v) is 13.5. The van der Waals surface area contributed by atoms with E-state index >= 15 is 0 Å². The Labute approximate surface area is 312 Å². The van der Waals surface area contributed by atoms with Gasteiger partial charge in [-0.15, -0.1) is 0 Å². The summed E-state index contributed by atoms with van der Waals surface area (Å²) in [5.74, 6) is -1.92. The van der Waals surface area contributed by atoms with Crippen LogP contribution >= 0.6 is 0 Å². The van der Waals surface area contributed by atoms with E-state index in [1.54, 1.807) is 0 Å². The highest BCUT2D eigenvalue weighted by molar-refractivity contribution is 5.33. The predicted molar refractivity (Wildman–Crippen MR) is 206 cm³/mol. The molecule has 0 aliphatic carbocycles. The Kier molecular flexibility index (Phi) is 12.5. The van der Waals surface area contributed by atoms with Crippen molar-refractivity contribution in [2.24, 2.45) is 0 Å². The summed E-state index contributed by atoms with van der Waals surface area (Å²) in [6.07, 6.45) is -2.43. The molecule has 1 N–H and O–H groups in total. The highest BCUT2D eigenvalue weighted by atomic mass is 16.7. The molecule has 0 amide bonds.